The van der Waals surface area contributed by atoms with Crippen LogP contribution in [-0.2, 0) is 16.1 Å². The predicted octanol–water partition coefficient (Wildman–Crippen LogP) is 3.05. The zero-order chi connectivity index (χ0) is 14.5. The Bertz CT molecular complexity index is 470. The Morgan fingerprint density at radius 1 is 1.40 bits per heavy atom. The molecule has 0 saturated heterocycles. The molecule has 4 heteroatoms. The van der Waals surface area contributed by atoms with E-state index in [2.05, 4.69) is 4.90 Å². The van der Waals surface area contributed by atoms with Crippen LogP contribution in [0, 0.1) is 12.7 Å². The fourth-order valence-electron chi connectivity index (χ4n) is 2.84. The Balaban J connectivity index is 2.13. The molecule has 0 spiro atoms. The Hall–Kier alpha value is -1.42. The summed E-state index contributed by atoms with van der Waals surface area (Å²) in [6, 6.07) is 5.22. The molecule has 1 fully saturated rings. The number of methoxy groups -OCH3 is 1. The zero-order valence-corrected chi connectivity index (χ0v) is 12.2. The molecule has 0 N–H and O–H groups in total. The van der Waals surface area contributed by atoms with Gasteiger partial charge in [0.15, 0.2) is 0 Å². The van der Waals surface area contributed by atoms with E-state index >= 15 is 0 Å². The number of carbonyl (C=O) groups excluding carboxylic acids is 1. The van der Waals surface area contributed by atoms with Crippen molar-refractivity contribution in [3.63, 3.8) is 0 Å². The Morgan fingerprint density at radius 2 is 2.10 bits per heavy atom. The molecule has 1 aliphatic rings. The van der Waals surface area contributed by atoms with Crippen molar-refractivity contribution in [1.82, 2.24) is 4.90 Å². The van der Waals surface area contributed by atoms with Gasteiger partial charge in [0.1, 0.15) is 5.82 Å². The van der Waals surface area contributed by atoms with Crippen molar-refractivity contribution >= 4 is 5.97 Å². The van der Waals surface area contributed by atoms with Gasteiger partial charge in [-0.15, -0.1) is 0 Å². The largest absolute Gasteiger partial charge is 0.468 e. The van der Waals surface area contributed by atoms with Gasteiger partial charge >= 0.3 is 5.97 Å². The Kier molecular flexibility index (Phi) is 5.12. The maximum atomic E-state index is 13.4. The number of carbonyl (C=O) groups is 1. The highest BCUT2D eigenvalue weighted by atomic mass is 19.1. The first kappa shape index (κ1) is 15.0. The van der Waals surface area contributed by atoms with Gasteiger partial charge in [-0.05, 0) is 43.0 Å². The van der Waals surface area contributed by atoms with Crippen LogP contribution in [-0.4, -0.2) is 30.6 Å². The number of nitrogens with zero attached hydrogens (tertiary/aromatic N) is 1. The number of hydrogen-bond acceptors (Lipinski definition) is 3. The van der Waals surface area contributed by atoms with E-state index < -0.39 is 0 Å². The molecular formula is C16H22FNO2. The van der Waals surface area contributed by atoms with Gasteiger partial charge in [0.05, 0.1) is 13.7 Å². The van der Waals surface area contributed by atoms with E-state index in [0.717, 1.165) is 24.0 Å². The van der Waals surface area contributed by atoms with E-state index in [0.29, 0.717) is 12.6 Å². The highest BCUT2D eigenvalue weighted by Crippen LogP contribution is 2.25. The van der Waals surface area contributed by atoms with E-state index in [1.165, 1.54) is 26.0 Å². The first-order valence-electron chi connectivity index (χ1n) is 7.16. The minimum Gasteiger partial charge on any atom is -0.468 e. The summed E-state index contributed by atoms with van der Waals surface area (Å²) in [6.45, 7) is 2.85. The van der Waals surface area contributed by atoms with Gasteiger partial charge in [-0.3, -0.25) is 9.69 Å². The van der Waals surface area contributed by atoms with Crippen LogP contribution in [0.4, 0.5) is 4.39 Å². The molecule has 0 aromatic heterocycles. The van der Waals surface area contributed by atoms with Crippen molar-refractivity contribution in [3.05, 3.63) is 35.1 Å². The molecule has 2 rings (SSSR count). The highest BCUT2D eigenvalue weighted by Gasteiger charge is 2.25. The molecule has 1 saturated carbocycles. The van der Waals surface area contributed by atoms with Crippen molar-refractivity contribution in [2.45, 2.75) is 45.2 Å². The molecular weight excluding hydrogens is 257 g/mol. The van der Waals surface area contributed by atoms with Crippen LogP contribution >= 0.6 is 0 Å². The fraction of sp³-hybridized carbons (Fsp3) is 0.562. The third-order valence-electron chi connectivity index (χ3n) is 4.09. The van der Waals surface area contributed by atoms with E-state index in [-0.39, 0.29) is 18.3 Å². The van der Waals surface area contributed by atoms with Crippen LogP contribution in [0.3, 0.4) is 0 Å². The average molecular weight is 279 g/mol. The summed E-state index contributed by atoms with van der Waals surface area (Å²) in [4.78, 5) is 13.7. The second-order valence-corrected chi connectivity index (χ2v) is 5.49. The summed E-state index contributed by atoms with van der Waals surface area (Å²) in [5, 5.41) is 0. The van der Waals surface area contributed by atoms with E-state index in [9.17, 15) is 9.18 Å². The molecule has 1 aromatic rings. The minimum absolute atomic E-state index is 0.227. The van der Waals surface area contributed by atoms with E-state index in [4.69, 9.17) is 4.74 Å². The first-order chi connectivity index (χ1) is 9.60. The average Bonchev–Trinajstić information content (AvgIpc) is 2.96. The van der Waals surface area contributed by atoms with Crippen molar-refractivity contribution in [3.8, 4) is 0 Å². The SMILES string of the molecule is COC(=O)CN(Cc1cc(F)ccc1C)C1CCCC1. The molecule has 20 heavy (non-hydrogen) atoms. The van der Waals surface area contributed by atoms with Gasteiger partial charge in [0.25, 0.3) is 0 Å². The van der Waals surface area contributed by atoms with Crippen LogP contribution in [0.5, 0.6) is 0 Å². The van der Waals surface area contributed by atoms with Gasteiger partial charge in [0, 0.05) is 12.6 Å². The van der Waals surface area contributed by atoms with Crippen LogP contribution in [0.2, 0.25) is 0 Å². The maximum Gasteiger partial charge on any atom is 0.319 e. The quantitative estimate of drug-likeness (QED) is 0.776. The van der Waals surface area contributed by atoms with E-state index in [1.807, 2.05) is 6.92 Å². The summed E-state index contributed by atoms with van der Waals surface area (Å²) < 4.78 is 18.2. The molecule has 0 radical (unpaired) electrons. The number of benzene rings is 1. The highest BCUT2D eigenvalue weighted by molar-refractivity contribution is 5.71. The van der Waals surface area contributed by atoms with E-state index in [1.54, 1.807) is 12.1 Å². The lowest BCUT2D eigenvalue weighted by atomic mass is 10.1. The van der Waals surface area contributed by atoms with Crippen molar-refractivity contribution in [2.75, 3.05) is 13.7 Å². The summed E-state index contributed by atoms with van der Waals surface area (Å²) in [6.07, 6.45) is 4.60. The molecule has 0 aliphatic heterocycles. The van der Waals surface area contributed by atoms with Gasteiger partial charge in [-0.1, -0.05) is 18.9 Å². The van der Waals surface area contributed by atoms with Crippen LogP contribution in [0.1, 0.15) is 36.8 Å². The predicted molar refractivity (Wildman–Crippen MR) is 75.8 cm³/mol. The number of halogens is 1. The second-order valence-electron chi connectivity index (χ2n) is 5.49. The molecule has 0 unspecified atom stereocenters. The van der Waals surface area contributed by atoms with Gasteiger partial charge in [0.2, 0.25) is 0 Å². The zero-order valence-electron chi connectivity index (χ0n) is 12.2. The fourth-order valence-corrected chi connectivity index (χ4v) is 2.84. The van der Waals surface area contributed by atoms with Crippen molar-refractivity contribution in [2.24, 2.45) is 0 Å². The lowest BCUT2D eigenvalue weighted by molar-refractivity contribution is -0.142. The normalized spacial score (nSPS) is 15.8. The van der Waals surface area contributed by atoms with Gasteiger partial charge < -0.3 is 4.74 Å². The smallest absolute Gasteiger partial charge is 0.319 e. The lowest BCUT2D eigenvalue weighted by Gasteiger charge is -2.28. The molecule has 0 atom stereocenters. The molecule has 110 valence electrons. The molecule has 0 amide bonds. The summed E-state index contributed by atoms with van der Waals surface area (Å²) in [7, 11) is 1.41. The third-order valence-corrected chi connectivity index (χ3v) is 4.09. The number of rotatable bonds is 5. The lowest BCUT2D eigenvalue weighted by Crippen LogP contribution is -2.37. The van der Waals surface area contributed by atoms with Crippen LogP contribution < -0.4 is 0 Å². The van der Waals surface area contributed by atoms with Crippen molar-refractivity contribution in [1.29, 1.82) is 0 Å². The summed E-state index contributed by atoms with van der Waals surface area (Å²) in [5.74, 6) is -0.457. The molecule has 1 aliphatic carbocycles. The molecule has 3 nitrogen and oxygen atoms in total. The molecule has 0 heterocycles. The summed E-state index contributed by atoms with van der Waals surface area (Å²) >= 11 is 0. The van der Waals surface area contributed by atoms with Crippen molar-refractivity contribution < 1.29 is 13.9 Å². The second kappa shape index (κ2) is 6.84. The Morgan fingerprint density at radius 3 is 2.75 bits per heavy atom. The van der Waals surface area contributed by atoms with Gasteiger partial charge in [-0.2, -0.15) is 0 Å². The minimum atomic E-state index is -0.231. The third kappa shape index (κ3) is 3.79. The molecule has 0 bridgehead atoms. The molecule has 1 aromatic carbocycles. The van der Waals surface area contributed by atoms with Gasteiger partial charge in [-0.25, -0.2) is 4.39 Å². The first-order valence-corrected chi connectivity index (χ1v) is 7.16. The Labute approximate surface area is 119 Å². The summed E-state index contributed by atoms with van der Waals surface area (Å²) in [5.41, 5.74) is 2.00. The number of ether oxygens (including phenoxy) is 1. The van der Waals surface area contributed by atoms with Crippen LogP contribution in [0.15, 0.2) is 18.2 Å². The standard InChI is InChI=1S/C16H22FNO2/c1-12-7-8-14(17)9-13(12)10-18(11-16(19)20-2)15-5-3-4-6-15/h7-9,15H,3-6,10-11H2,1-2H3. The number of esters is 1. The number of hydrogen-bond donors (Lipinski definition) is 0. The topological polar surface area (TPSA) is 29.5 Å². The monoisotopic (exact) mass is 279 g/mol. The van der Waals surface area contributed by atoms with Crippen LogP contribution in [0.25, 0.3) is 0 Å². The maximum absolute atomic E-state index is 13.4. The number of aryl methyl sites for hydroxylation is 1.